The van der Waals surface area contributed by atoms with E-state index in [2.05, 4.69) is 15.4 Å². The van der Waals surface area contributed by atoms with Crippen molar-refractivity contribution in [1.82, 2.24) is 14.8 Å². The van der Waals surface area contributed by atoms with Crippen LogP contribution in [0.4, 0.5) is 5.69 Å². The zero-order valence-corrected chi connectivity index (χ0v) is 15.2. The van der Waals surface area contributed by atoms with E-state index >= 15 is 0 Å². The molecule has 1 unspecified atom stereocenters. The molecule has 0 aliphatic heterocycles. The molecule has 132 valence electrons. The lowest BCUT2D eigenvalue weighted by molar-refractivity contribution is -0.119. The number of amides is 1. The summed E-state index contributed by atoms with van der Waals surface area (Å²) in [6.07, 6.45) is 5.25. The minimum atomic E-state index is -0.751. The highest BCUT2D eigenvalue weighted by atomic mass is 32.2. The average Bonchev–Trinajstić information content (AvgIpc) is 2.69. The number of hydrogen-bond acceptors (Lipinski definition) is 5. The molecule has 1 aromatic carbocycles. The number of rotatable bonds is 5. The second-order valence-corrected chi connectivity index (χ2v) is 6.45. The molecule has 0 radical (unpaired) electrons. The van der Waals surface area contributed by atoms with E-state index in [0.717, 1.165) is 16.1 Å². The Labute approximate surface area is 155 Å². The number of para-hydroxylation sites is 1. The number of nitrogens with zero attached hydrogens (tertiary/aromatic N) is 3. The van der Waals surface area contributed by atoms with Gasteiger partial charge in [0.15, 0.2) is 0 Å². The fourth-order valence-electron chi connectivity index (χ4n) is 2.48. The highest BCUT2D eigenvalue weighted by Crippen LogP contribution is 2.25. The Balaban J connectivity index is 1.88. The van der Waals surface area contributed by atoms with E-state index in [4.69, 9.17) is 0 Å². The van der Waals surface area contributed by atoms with Crippen LogP contribution in [-0.2, 0) is 4.79 Å². The Kier molecular flexibility index (Phi) is 5.48. The first-order chi connectivity index (χ1) is 12.6. The van der Waals surface area contributed by atoms with Crippen molar-refractivity contribution in [3.05, 3.63) is 71.3 Å². The van der Waals surface area contributed by atoms with E-state index in [0.29, 0.717) is 5.69 Å². The first kappa shape index (κ1) is 17.9. The van der Waals surface area contributed by atoms with Crippen molar-refractivity contribution < 1.29 is 4.79 Å². The lowest BCUT2D eigenvalue weighted by Gasteiger charge is -2.16. The number of benzene rings is 1. The topological polar surface area (TPSA) is 76.9 Å². The van der Waals surface area contributed by atoms with Crippen LogP contribution in [0.15, 0.2) is 70.6 Å². The van der Waals surface area contributed by atoms with E-state index in [1.807, 2.05) is 30.5 Å². The van der Waals surface area contributed by atoms with E-state index in [1.54, 1.807) is 49.3 Å². The number of hydrogen-bond donors (Lipinski definition) is 1. The molecule has 1 N–H and O–H groups in total. The van der Waals surface area contributed by atoms with Crippen molar-refractivity contribution >= 4 is 23.4 Å². The second-order valence-electron chi connectivity index (χ2n) is 5.60. The van der Waals surface area contributed by atoms with Gasteiger partial charge in [-0.05, 0) is 43.5 Å². The van der Waals surface area contributed by atoms with Crippen molar-refractivity contribution in [1.29, 1.82) is 0 Å². The maximum absolute atomic E-state index is 12.7. The van der Waals surface area contributed by atoms with Crippen molar-refractivity contribution in [2.24, 2.45) is 0 Å². The fraction of sp³-hybridized carbons (Fsp3) is 0.158. The Morgan fingerprint density at radius 1 is 1.12 bits per heavy atom. The molecule has 0 bridgehead atoms. The first-order valence-corrected chi connectivity index (χ1v) is 9.27. The van der Waals surface area contributed by atoms with E-state index in [1.165, 1.54) is 10.7 Å². The van der Waals surface area contributed by atoms with E-state index in [-0.39, 0.29) is 11.5 Å². The molecule has 0 aliphatic carbocycles. The highest BCUT2D eigenvalue weighted by molar-refractivity contribution is 7.98. The van der Waals surface area contributed by atoms with E-state index in [9.17, 15) is 9.59 Å². The van der Waals surface area contributed by atoms with Crippen molar-refractivity contribution in [2.75, 3.05) is 11.6 Å². The number of thioether (sulfide) groups is 1. The lowest BCUT2D eigenvalue weighted by atomic mass is 10.2. The summed E-state index contributed by atoms with van der Waals surface area (Å²) in [5, 5.41) is 7.23. The summed E-state index contributed by atoms with van der Waals surface area (Å²) < 4.78 is 1.20. The third-order valence-corrected chi connectivity index (χ3v) is 4.71. The van der Waals surface area contributed by atoms with Gasteiger partial charge in [0.05, 0.1) is 11.4 Å². The Morgan fingerprint density at radius 2 is 1.85 bits per heavy atom. The highest BCUT2D eigenvalue weighted by Gasteiger charge is 2.19. The van der Waals surface area contributed by atoms with Crippen LogP contribution in [0.25, 0.3) is 11.3 Å². The Morgan fingerprint density at radius 3 is 2.58 bits per heavy atom. The van der Waals surface area contributed by atoms with Crippen molar-refractivity contribution in [2.45, 2.75) is 17.9 Å². The Hall–Kier alpha value is -2.93. The molecule has 1 atom stereocenters. The summed E-state index contributed by atoms with van der Waals surface area (Å²) in [5.74, 6) is -0.298. The van der Waals surface area contributed by atoms with Gasteiger partial charge in [0.1, 0.15) is 6.04 Å². The molecule has 0 fully saturated rings. The summed E-state index contributed by atoms with van der Waals surface area (Å²) in [6, 6.07) is 13.4. The van der Waals surface area contributed by atoms with Crippen molar-refractivity contribution in [3.8, 4) is 11.3 Å². The van der Waals surface area contributed by atoms with Crippen LogP contribution >= 0.6 is 11.8 Å². The Bertz CT molecular complexity index is 973. The minimum absolute atomic E-state index is 0.298. The number of pyridine rings is 1. The predicted octanol–water partition coefficient (Wildman–Crippen LogP) is 3.23. The van der Waals surface area contributed by atoms with Gasteiger partial charge in [0.2, 0.25) is 5.91 Å². The monoisotopic (exact) mass is 366 g/mol. The zero-order valence-electron chi connectivity index (χ0n) is 14.4. The summed E-state index contributed by atoms with van der Waals surface area (Å²) >= 11 is 1.54. The van der Waals surface area contributed by atoms with Gasteiger partial charge in [0, 0.05) is 28.9 Å². The molecule has 7 heteroatoms. The number of carbonyl (C=O) groups excluding carboxylic acids is 1. The van der Waals surface area contributed by atoms with Crippen LogP contribution in [0.3, 0.4) is 0 Å². The van der Waals surface area contributed by atoms with Crippen LogP contribution in [0.5, 0.6) is 0 Å². The molecule has 0 saturated carbocycles. The quantitative estimate of drug-likeness (QED) is 0.702. The molecule has 3 rings (SSSR count). The largest absolute Gasteiger partial charge is 0.323 e. The lowest BCUT2D eigenvalue weighted by Crippen LogP contribution is -2.33. The number of anilines is 1. The molecule has 0 saturated heterocycles. The summed E-state index contributed by atoms with van der Waals surface area (Å²) in [5.41, 5.74) is 1.82. The average molecular weight is 366 g/mol. The molecule has 3 aromatic rings. The van der Waals surface area contributed by atoms with Crippen LogP contribution in [-0.4, -0.2) is 26.9 Å². The zero-order chi connectivity index (χ0) is 18.5. The molecule has 6 nitrogen and oxygen atoms in total. The van der Waals surface area contributed by atoms with Crippen LogP contribution in [0.1, 0.15) is 13.0 Å². The van der Waals surface area contributed by atoms with E-state index < -0.39 is 6.04 Å². The van der Waals surface area contributed by atoms with Crippen LogP contribution in [0, 0.1) is 0 Å². The van der Waals surface area contributed by atoms with Gasteiger partial charge in [-0.25, -0.2) is 4.68 Å². The molecule has 1 amide bonds. The van der Waals surface area contributed by atoms with Gasteiger partial charge >= 0.3 is 0 Å². The molecular weight excluding hydrogens is 348 g/mol. The molecule has 0 aliphatic rings. The predicted molar refractivity (Wildman–Crippen MR) is 103 cm³/mol. The van der Waals surface area contributed by atoms with Gasteiger partial charge in [0.25, 0.3) is 5.56 Å². The van der Waals surface area contributed by atoms with Gasteiger partial charge in [-0.15, -0.1) is 11.8 Å². The fourth-order valence-corrected chi connectivity index (χ4v) is 3.03. The third kappa shape index (κ3) is 3.83. The maximum Gasteiger partial charge on any atom is 0.267 e. The summed E-state index contributed by atoms with van der Waals surface area (Å²) in [6.45, 7) is 1.65. The number of nitrogens with one attached hydrogen (secondary N) is 1. The smallest absolute Gasteiger partial charge is 0.267 e. The van der Waals surface area contributed by atoms with Crippen molar-refractivity contribution in [3.63, 3.8) is 0 Å². The normalized spacial score (nSPS) is 11.8. The van der Waals surface area contributed by atoms with Gasteiger partial charge in [-0.2, -0.15) is 5.10 Å². The molecular formula is C19H18N4O2S. The summed E-state index contributed by atoms with van der Waals surface area (Å²) in [7, 11) is 0. The maximum atomic E-state index is 12.7. The summed E-state index contributed by atoms with van der Waals surface area (Å²) in [4.78, 5) is 29.8. The minimum Gasteiger partial charge on any atom is -0.323 e. The number of carbonyl (C=O) groups is 1. The van der Waals surface area contributed by atoms with Gasteiger partial charge in [-0.3, -0.25) is 14.6 Å². The number of aromatic nitrogens is 3. The molecule has 26 heavy (non-hydrogen) atoms. The van der Waals surface area contributed by atoms with Crippen LogP contribution < -0.4 is 10.9 Å². The van der Waals surface area contributed by atoms with Gasteiger partial charge < -0.3 is 5.32 Å². The standard InChI is InChI=1S/C19H18N4O2S/c1-13(19(25)21-16-5-3-4-6-17(16)26-2)23-18(24)8-7-15(22-23)14-9-11-20-12-10-14/h3-13H,1-2H3,(H,21,25). The first-order valence-electron chi connectivity index (χ1n) is 8.04. The second kappa shape index (κ2) is 7.97. The molecule has 2 aromatic heterocycles. The third-order valence-electron chi connectivity index (χ3n) is 3.91. The SMILES string of the molecule is CSc1ccccc1NC(=O)C(C)n1nc(-c2ccncc2)ccc1=O. The van der Waals surface area contributed by atoms with Crippen LogP contribution in [0.2, 0.25) is 0 Å². The molecule has 0 spiro atoms. The van der Waals surface area contributed by atoms with Gasteiger partial charge in [-0.1, -0.05) is 12.1 Å². The molecule has 2 heterocycles.